The first kappa shape index (κ1) is 17.2. The minimum absolute atomic E-state index is 0.183. The number of thiocarbonyl (C=S) groups is 1. The Morgan fingerprint density at radius 3 is 2.30 bits per heavy atom. The van der Waals surface area contributed by atoms with Crippen LogP contribution in [0.1, 0.15) is 41.3 Å². The molecule has 0 radical (unpaired) electrons. The summed E-state index contributed by atoms with van der Waals surface area (Å²) in [7, 11) is 0. The van der Waals surface area contributed by atoms with E-state index in [0.717, 1.165) is 6.42 Å². The molecule has 0 spiro atoms. The maximum absolute atomic E-state index is 12.1. The summed E-state index contributed by atoms with van der Waals surface area (Å²) in [6.07, 6.45) is 0.861. The van der Waals surface area contributed by atoms with Gasteiger partial charge in [0.05, 0.1) is 0 Å². The third kappa shape index (κ3) is 5.49. The first-order valence-corrected chi connectivity index (χ1v) is 8.20. The quantitative estimate of drug-likeness (QED) is 0.824. The topological polar surface area (TPSA) is 41.1 Å². The van der Waals surface area contributed by atoms with E-state index in [1.54, 1.807) is 0 Å². The fourth-order valence-corrected chi connectivity index (χ4v) is 2.40. The molecule has 0 saturated carbocycles. The molecule has 0 aliphatic rings. The predicted molar refractivity (Wildman–Crippen MR) is 98.7 cm³/mol. The lowest BCUT2D eigenvalue weighted by molar-refractivity contribution is 0.0976. The summed E-state index contributed by atoms with van der Waals surface area (Å²) < 4.78 is 0. The predicted octanol–water partition coefficient (Wildman–Crippen LogP) is 3.66. The van der Waals surface area contributed by atoms with Gasteiger partial charge in [0.2, 0.25) is 0 Å². The van der Waals surface area contributed by atoms with E-state index < -0.39 is 0 Å². The van der Waals surface area contributed by atoms with Crippen molar-refractivity contribution in [3.8, 4) is 0 Å². The molecule has 0 aromatic heterocycles. The highest BCUT2D eigenvalue weighted by Gasteiger charge is 2.08. The number of hydrogen-bond acceptors (Lipinski definition) is 2. The van der Waals surface area contributed by atoms with Crippen LogP contribution in [0.5, 0.6) is 0 Å². The Balaban J connectivity index is 1.79. The molecule has 0 bridgehead atoms. The third-order valence-electron chi connectivity index (χ3n) is 3.61. The molecule has 0 unspecified atom stereocenters. The molecule has 1 amide bonds. The minimum Gasteiger partial charge on any atom is -0.362 e. The zero-order valence-corrected chi connectivity index (χ0v) is 14.3. The van der Waals surface area contributed by atoms with Gasteiger partial charge in [-0.25, -0.2) is 0 Å². The maximum Gasteiger partial charge on any atom is 0.257 e. The van der Waals surface area contributed by atoms with Crippen molar-refractivity contribution in [2.24, 2.45) is 0 Å². The highest BCUT2D eigenvalue weighted by Crippen LogP contribution is 2.14. The first-order chi connectivity index (χ1) is 11.1. The van der Waals surface area contributed by atoms with Crippen molar-refractivity contribution >= 4 is 23.2 Å². The van der Waals surface area contributed by atoms with Gasteiger partial charge in [-0.3, -0.25) is 10.1 Å². The molecule has 4 heteroatoms. The number of benzene rings is 2. The summed E-state index contributed by atoms with van der Waals surface area (Å²) in [5.41, 5.74) is 3.06. The largest absolute Gasteiger partial charge is 0.362 e. The van der Waals surface area contributed by atoms with Crippen LogP contribution in [0, 0.1) is 0 Å². The molecule has 2 rings (SSSR count). The van der Waals surface area contributed by atoms with E-state index in [1.165, 1.54) is 11.1 Å². The number of rotatable bonds is 5. The Morgan fingerprint density at radius 2 is 1.70 bits per heavy atom. The van der Waals surface area contributed by atoms with Gasteiger partial charge in [-0.05, 0) is 47.8 Å². The highest BCUT2D eigenvalue weighted by atomic mass is 32.1. The van der Waals surface area contributed by atoms with Crippen LogP contribution in [0.3, 0.4) is 0 Å². The van der Waals surface area contributed by atoms with E-state index in [2.05, 4.69) is 36.6 Å². The smallest absolute Gasteiger partial charge is 0.257 e. The van der Waals surface area contributed by atoms with Gasteiger partial charge in [-0.2, -0.15) is 0 Å². The lowest BCUT2D eigenvalue weighted by Crippen LogP contribution is -2.40. The van der Waals surface area contributed by atoms with Gasteiger partial charge in [0.15, 0.2) is 5.11 Å². The van der Waals surface area contributed by atoms with Gasteiger partial charge >= 0.3 is 0 Å². The van der Waals surface area contributed by atoms with Crippen molar-refractivity contribution in [3.05, 3.63) is 71.3 Å². The van der Waals surface area contributed by atoms with Crippen LogP contribution in [-0.2, 0) is 6.42 Å². The maximum atomic E-state index is 12.1. The van der Waals surface area contributed by atoms with Gasteiger partial charge in [0, 0.05) is 12.1 Å². The third-order valence-corrected chi connectivity index (χ3v) is 3.86. The minimum atomic E-state index is -0.183. The monoisotopic (exact) mass is 326 g/mol. The van der Waals surface area contributed by atoms with Gasteiger partial charge in [-0.1, -0.05) is 56.3 Å². The highest BCUT2D eigenvalue weighted by molar-refractivity contribution is 7.80. The van der Waals surface area contributed by atoms with Crippen molar-refractivity contribution in [1.29, 1.82) is 0 Å². The van der Waals surface area contributed by atoms with E-state index in [0.29, 0.717) is 23.1 Å². The molecule has 3 nitrogen and oxygen atoms in total. The number of amides is 1. The summed E-state index contributed by atoms with van der Waals surface area (Å²) in [5.74, 6) is 0.269. The van der Waals surface area contributed by atoms with Crippen molar-refractivity contribution in [3.63, 3.8) is 0 Å². The van der Waals surface area contributed by atoms with Gasteiger partial charge < -0.3 is 5.32 Å². The lowest BCUT2D eigenvalue weighted by atomic mass is 10.0. The van der Waals surface area contributed by atoms with Crippen LogP contribution < -0.4 is 10.6 Å². The molecule has 0 aliphatic heterocycles. The van der Waals surface area contributed by atoms with E-state index in [1.807, 2.05) is 42.5 Å². The molecule has 2 N–H and O–H groups in total. The zero-order valence-electron chi connectivity index (χ0n) is 13.5. The Hall–Kier alpha value is -2.20. The molecular weight excluding hydrogens is 304 g/mol. The number of carbonyl (C=O) groups is 1. The molecule has 0 aliphatic carbocycles. The summed E-state index contributed by atoms with van der Waals surface area (Å²) >= 11 is 5.17. The Morgan fingerprint density at radius 1 is 1.04 bits per heavy atom. The Kier molecular flexibility index (Phi) is 6.29. The average Bonchev–Trinajstić information content (AvgIpc) is 2.56. The fraction of sp³-hybridized carbons (Fsp3) is 0.263. The van der Waals surface area contributed by atoms with Crippen LogP contribution in [0.15, 0.2) is 54.6 Å². The second-order valence-electron chi connectivity index (χ2n) is 5.72. The van der Waals surface area contributed by atoms with E-state index in [4.69, 9.17) is 12.2 Å². The summed E-state index contributed by atoms with van der Waals surface area (Å²) in [6, 6.07) is 17.8. The fourth-order valence-electron chi connectivity index (χ4n) is 2.20. The van der Waals surface area contributed by atoms with Crippen LogP contribution >= 0.6 is 12.2 Å². The molecule has 0 atom stereocenters. The van der Waals surface area contributed by atoms with Gasteiger partial charge in [0.25, 0.3) is 5.91 Å². The molecule has 0 heterocycles. The van der Waals surface area contributed by atoms with Gasteiger partial charge in [0.1, 0.15) is 0 Å². The zero-order chi connectivity index (χ0) is 16.7. The Bertz CT molecular complexity index is 651. The van der Waals surface area contributed by atoms with E-state index in [9.17, 15) is 4.79 Å². The van der Waals surface area contributed by atoms with Crippen molar-refractivity contribution in [2.45, 2.75) is 26.2 Å². The molecule has 2 aromatic carbocycles. The normalized spacial score (nSPS) is 10.4. The standard InChI is InChI=1S/C19H22N2OS/c1-14(2)16-8-10-17(11-9-16)18(22)21-19(23)20-13-12-15-6-4-3-5-7-15/h3-11,14H,12-13H2,1-2H3,(H2,20,21,22,23). The summed E-state index contributed by atoms with van der Waals surface area (Å²) in [6.45, 7) is 4.94. The first-order valence-electron chi connectivity index (χ1n) is 7.79. The summed E-state index contributed by atoms with van der Waals surface area (Å²) in [4.78, 5) is 12.1. The number of carbonyl (C=O) groups excluding carboxylic acids is 1. The average molecular weight is 326 g/mol. The van der Waals surface area contributed by atoms with Crippen LogP contribution in [-0.4, -0.2) is 17.6 Å². The van der Waals surface area contributed by atoms with E-state index in [-0.39, 0.29) is 5.91 Å². The number of hydrogen-bond donors (Lipinski definition) is 2. The van der Waals surface area contributed by atoms with E-state index >= 15 is 0 Å². The SMILES string of the molecule is CC(C)c1ccc(C(=O)NC(=S)NCCc2ccccc2)cc1. The van der Waals surface area contributed by atoms with Crippen LogP contribution in [0.4, 0.5) is 0 Å². The Labute approximate surface area is 143 Å². The van der Waals surface area contributed by atoms with Gasteiger partial charge in [-0.15, -0.1) is 0 Å². The molecule has 0 fully saturated rings. The number of nitrogens with one attached hydrogen (secondary N) is 2. The second kappa shape index (κ2) is 8.44. The van der Waals surface area contributed by atoms with Crippen molar-refractivity contribution < 1.29 is 4.79 Å². The van der Waals surface area contributed by atoms with Crippen LogP contribution in [0.25, 0.3) is 0 Å². The summed E-state index contributed by atoms with van der Waals surface area (Å²) in [5, 5.41) is 6.13. The molecule has 2 aromatic rings. The van der Waals surface area contributed by atoms with Crippen molar-refractivity contribution in [2.75, 3.05) is 6.54 Å². The molecule has 0 saturated heterocycles. The molecule has 23 heavy (non-hydrogen) atoms. The molecular formula is C19H22N2OS. The second-order valence-corrected chi connectivity index (χ2v) is 6.13. The lowest BCUT2D eigenvalue weighted by Gasteiger charge is -2.10. The van der Waals surface area contributed by atoms with Crippen LogP contribution in [0.2, 0.25) is 0 Å². The van der Waals surface area contributed by atoms with Crippen molar-refractivity contribution in [1.82, 2.24) is 10.6 Å². The molecule has 120 valence electrons.